The summed E-state index contributed by atoms with van der Waals surface area (Å²) in [5, 5.41) is 0.0337. The number of Topliss-reactive ketones (excluding diaryl/α,β-unsaturated/α-hetero) is 1. The monoisotopic (exact) mass is 256 g/mol. The first kappa shape index (κ1) is 12.4. The average Bonchev–Trinajstić information content (AvgIpc) is 2.33. The maximum Gasteiger partial charge on any atom is 0.183 e. The van der Waals surface area contributed by atoms with Gasteiger partial charge in [-0.1, -0.05) is 24.6 Å². The zero-order valence-corrected chi connectivity index (χ0v) is 10.6. The molecule has 0 N–H and O–H groups in total. The summed E-state index contributed by atoms with van der Waals surface area (Å²) in [6.45, 7) is 3.79. The second-order valence-electron chi connectivity index (χ2n) is 4.56. The van der Waals surface area contributed by atoms with Gasteiger partial charge in [0.2, 0.25) is 0 Å². The van der Waals surface area contributed by atoms with Gasteiger partial charge < -0.3 is 4.74 Å². The minimum atomic E-state index is -0.563. The molecule has 2 atom stereocenters. The Bertz CT molecular complexity index is 461. The number of hydrogen-bond donors (Lipinski definition) is 0. The number of halogens is 2. The molecule has 2 unspecified atom stereocenters. The van der Waals surface area contributed by atoms with E-state index in [4.69, 9.17) is 16.3 Å². The second-order valence-corrected chi connectivity index (χ2v) is 4.96. The molecular weight excluding hydrogens is 243 g/mol. The van der Waals surface area contributed by atoms with E-state index in [0.29, 0.717) is 12.8 Å². The van der Waals surface area contributed by atoms with Crippen LogP contribution in [0.5, 0.6) is 5.75 Å². The van der Waals surface area contributed by atoms with E-state index >= 15 is 0 Å². The van der Waals surface area contributed by atoms with Crippen molar-refractivity contribution >= 4 is 17.4 Å². The molecular formula is C13H14ClFO2. The van der Waals surface area contributed by atoms with E-state index in [2.05, 4.69) is 0 Å². The lowest BCUT2D eigenvalue weighted by Crippen LogP contribution is -2.54. The lowest BCUT2D eigenvalue weighted by atomic mass is 9.64. The molecule has 1 aromatic carbocycles. The number of hydrogen-bond acceptors (Lipinski definition) is 2. The quantitative estimate of drug-likeness (QED) is 0.826. The third-order valence-electron chi connectivity index (χ3n) is 3.64. The van der Waals surface area contributed by atoms with Gasteiger partial charge in [-0.3, -0.25) is 4.79 Å². The van der Waals surface area contributed by atoms with Gasteiger partial charge in [-0.15, -0.1) is 0 Å². The molecule has 2 nitrogen and oxygen atoms in total. The fraction of sp³-hybridized carbons (Fsp3) is 0.462. The van der Waals surface area contributed by atoms with Crippen LogP contribution in [0.2, 0.25) is 5.02 Å². The van der Waals surface area contributed by atoms with Crippen LogP contribution in [0.1, 0.15) is 26.7 Å². The van der Waals surface area contributed by atoms with Crippen LogP contribution in [0, 0.1) is 11.2 Å². The molecule has 1 aliphatic rings. The van der Waals surface area contributed by atoms with Crippen molar-refractivity contribution in [2.24, 2.45) is 5.41 Å². The standard InChI is InChI=1S/C13H14ClFO2/c1-3-13(2)10(16)7-11(13)17-9-6-4-5-8(14)12(9)15/h4-6,11H,3,7H2,1-2H3. The summed E-state index contributed by atoms with van der Waals surface area (Å²) in [7, 11) is 0. The normalized spacial score (nSPS) is 27.8. The summed E-state index contributed by atoms with van der Waals surface area (Å²) in [4.78, 5) is 11.5. The molecule has 1 saturated carbocycles. The van der Waals surface area contributed by atoms with Crippen LogP contribution in [-0.4, -0.2) is 11.9 Å². The first-order valence-electron chi connectivity index (χ1n) is 5.63. The van der Waals surface area contributed by atoms with Crippen molar-refractivity contribution in [1.82, 2.24) is 0 Å². The molecule has 1 aromatic rings. The van der Waals surface area contributed by atoms with Gasteiger partial charge in [0, 0.05) is 6.42 Å². The molecule has 0 aromatic heterocycles. The van der Waals surface area contributed by atoms with E-state index in [-0.39, 0.29) is 22.7 Å². The van der Waals surface area contributed by atoms with Crippen molar-refractivity contribution in [2.45, 2.75) is 32.8 Å². The minimum absolute atomic E-state index is 0.0337. The Morgan fingerprint density at radius 1 is 1.59 bits per heavy atom. The SMILES string of the molecule is CCC1(C)C(=O)CC1Oc1cccc(Cl)c1F. The summed E-state index contributed by atoms with van der Waals surface area (Å²) in [5.41, 5.74) is -0.491. The topological polar surface area (TPSA) is 26.3 Å². The number of carbonyl (C=O) groups excluding carboxylic acids is 1. The van der Waals surface area contributed by atoms with Crippen molar-refractivity contribution in [3.05, 3.63) is 29.0 Å². The van der Waals surface area contributed by atoms with Crippen LogP contribution >= 0.6 is 11.6 Å². The lowest BCUT2D eigenvalue weighted by molar-refractivity contribution is -0.150. The highest BCUT2D eigenvalue weighted by atomic mass is 35.5. The highest BCUT2D eigenvalue weighted by Gasteiger charge is 2.51. The highest BCUT2D eigenvalue weighted by molar-refractivity contribution is 6.30. The Hall–Kier alpha value is -1.09. The molecule has 17 heavy (non-hydrogen) atoms. The summed E-state index contributed by atoms with van der Waals surface area (Å²) < 4.78 is 19.2. The summed E-state index contributed by atoms with van der Waals surface area (Å²) in [6, 6.07) is 4.62. The van der Waals surface area contributed by atoms with Crippen LogP contribution in [0.15, 0.2) is 18.2 Å². The average molecular weight is 257 g/mol. The zero-order chi connectivity index (χ0) is 12.6. The highest BCUT2D eigenvalue weighted by Crippen LogP contribution is 2.43. The zero-order valence-electron chi connectivity index (χ0n) is 9.80. The van der Waals surface area contributed by atoms with Gasteiger partial charge in [-0.05, 0) is 25.5 Å². The second kappa shape index (κ2) is 4.30. The number of rotatable bonds is 3. The Labute approximate surface area is 105 Å². The summed E-state index contributed by atoms with van der Waals surface area (Å²) >= 11 is 5.67. The van der Waals surface area contributed by atoms with Crippen LogP contribution in [0.25, 0.3) is 0 Å². The largest absolute Gasteiger partial charge is 0.486 e. The molecule has 4 heteroatoms. The number of ketones is 1. The Kier molecular flexibility index (Phi) is 3.13. The third kappa shape index (κ3) is 1.93. The van der Waals surface area contributed by atoms with Crippen molar-refractivity contribution < 1.29 is 13.9 Å². The van der Waals surface area contributed by atoms with Crippen LogP contribution in [-0.2, 0) is 4.79 Å². The van der Waals surface area contributed by atoms with Crippen molar-refractivity contribution in [3.63, 3.8) is 0 Å². The van der Waals surface area contributed by atoms with Gasteiger partial charge in [-0.25, -0.2) is 4.39 Å². The van der Waals surface area contributed by atoms with Crippen molar-refractivity contribution in [2.75, 3.05) is 0 Å². The van der Waals surface area contributed by atoms with E-state index in [1.807, 2.05) is 13.8 Å². The van der Waals surface area contributed by atoms with E-state index in [1.54, 1.807) is 6.07 Å². The smallest absolute Gasteiger partial charge is 0.183 e. The molecule has 1 aliphatic carbocycles. The van der Waals surface area contributed by atoms with Gasteiger partial charge in [0.15, 0.2) is 11.6 Å². The van der Waals surface area contributed by atoms with E-state index < -0.39 is 11.2 Å². The van der Waals surface area contributed by atoms with Crippen LogP contribution in [0.3, 0.4) is 0 Å². The van der Waals surface area contributed by atoms with Gasteiger partial charge in [0.05, 0.1) is 10.4 Å². The molecule has 0 heterocycles. The Morgan fingerprint density at radius 3 is 2.88 bits per heavy atom. The Balaban J connectivity index is 2.18. The summed E-state index contributed by atoms with van der Waals surface area (Å²) in [6.07, 6.45) is 0.780. The maximum absolute atomic E-state index is 13.6. The van der Waals surface area contributed by atoms with Crippen LogP contribution < -0.4 is 4.74 Å². The fourth-order valence-electron chi connectivity index (χ4n) is 2.00. The van der Waals surface area contributed by atoms with Gasteiger partial charge >= 0.3 is 0 Å². The molecule has 0 amide bonds. The first-order chi connectivity index (χ1) is 7.99. The molecule has 92 valence electrons. The van der Waals surface area contributed by atoms with E-state index in [1.165, 1.54) is 12.1 Å². The fourth-order valence-corrected chi connectivity index (χ4v) is 2.17. The van der Waals surface area contributed by atoms with E-state index in [9.17, 15) is 9.18 Å². The molecule has 0 aliphatic heterocycles. The van der Waals surface area contributed by atoms with Gasteiger partial charge in [0.1, 0.15) is 11.9 Å². The number of ether oxygens (including phenoxy) is 1. The Morgan fingerprint density at radius 2 is 2.29 bits per heavy atom. The lowest BCUT2D eigenvalue weighted by Gasteiger charge is -2.44. The maximum atomic E-state index is 13.6. The predicted molar refractivity (Wildman–Crippen MR) is 63.8 cm³/mol. The van der Waals surface area contributed by atoms with Gasteiger partial charge in [-0.2, -0.15) is 0 Å². The minimum Gasteiger partial charge on any atom is -0.486 e. The molecule has 0 radical (unpaired) electrons. The number of carbonyl (C=O) groups is 1. The van der Waals surface area contributed by atoms with E-state index in [0.717, 1.165) is 0 Å². The van der Waals surface area contributed by atoms with Crippen molar-refractivity contribution in [3.8, 4) is 5.75 Å². The molecule has 2 rings (SSSR count). The summed E-state index contributed by atoms with van der Waals surface area (Å²) in [5.74, 6) is -0.269. The predicted octanol–water partition coefficient (Wildman–Crippen LogP) is 3.62. The van der Waals surface area contributed by atoms with Crippen LogP contribution in [0.4, 0.5) is 4.39 Å². The van der Waals surface area contributed by atoms with Crippen molar-refractivity contribution in [1.29, 1.82) is 0 Å². The third-order valence-corrected chi connectivity index (χ3v) is 3.93. The molecule has 0 bridgehead atoms. The molecule has 0 spiro atoms. The first-order valence-corrected chi connectivity index (χ1v) is 6.01. The molecule has 0 saturated heterocycles. The number of benzene rings is 1. The van der Waals surface area contributed by atoms with Gasteiger partial charge in [0.25, 0.3) is 0 Å². The molecule has 1 fully saturated rings.